The molecule has 0 aliphatic heterocycles. The highest BCUT2D eigenvalue weighted by atomic mass is 16.3. The molecule has 0 saturated carbocycles. The molecule has 2 atom stereocenters. The smallest absolute Gasteiger partial charge is 0.0849 e. The van der Waals surface area contributed by atoms with Crippen molar-refractivity contribution in [2.75, 3.05) is 5.73 Å². The number of aliphatic hydroxyl groups is 1. The normalized spacial score (nSPS) is 14.9. The summed E-state index contributed by atoms with van der Waals surface area (Å²) in [5.74, 6) is 0.0589. The average Bonchev–Trinajstić information content (AvgIpc) is 2.17. The monoisotopic (exact) mass is 177 g/mol. The largest absolute Gasteiger partial charge is 0.399 e. The first-order valence-corrected chi connectivity index (χ1v) is 4.31. The molecule has 0 bridgehead atoms. The topological polar surface area (TPSA) is 46.2 Å². The van der Waals surface area contributed by atoms with E-state index in [1.165, 1.54) is 0 Å². The van der Waals surface area contributed by atoms with Crippen molar-refractivity contribution in [1.29, 1.82) is 0 Å². The Morgan fingerprint density at radius 1 is 1.38 bits per heavy atom. The lowest BCUT2D eigenvalue weighted by Gasteiger charge is -2.15. The van der Waals surface area contributed by atoms with Crippen molar-refractivity contribution in [1.82, 2.24) is 0 Å². The molecule has 13 heavy (non-hydrogen) atoms. The number of anilines is 1. The van der Waals surface area contributed by atoms with E-state index in [4.69, 9.17) is 5.73 Å². The van der Waals surface area contributed by atoms with Gasteiger partial charge in [0.05, 0.1) is 6.10 Å². The SMILES string of the molecule is C=CC(C)C(O)c1ccc(N)cc1. The summed E-state index contributed by atoms with van der Waals surface area (Å²) in [6.45, 7) is 5.56. The number of aliphatic hydroxyl groups excluding tert-OH is 1. The van der Waals surface area contributed by atoms with Crippen LogP contribution in [0.2, 0.25) is 0 Å². The van der Waals surface area contributed by atoms with E-state index in [9.17, 15) is 5.11 Å². The van der Waals surface area contributed by atoms with E-state index >= 15 is 0 Å². The highest BCUT2D eigenvalue weighted by Gasteiger charge is 2.12. The van der Waals surface area contributed by atoms with Crippen LogP contribution in [0.3, 0.4) is 0 Å². The second kappa shape index (κ2) is 4.10. The lowest BCUT2D eigenvalue weighted by Crippen LogP contribution is -2.06. The number of benzene rings is 1. The first kappa shape index (κ1) is 9.81. The zero-order valence-electron chi connectivity index (χ0n) is 7.77. The Hall–Kier alpha value is -1.28. The maximum Gasteiger partial charge on any atom is 0.0849 e. The van der Waals surface area contributed by atoms with Crippen LogP contribution in [0.15, 0.2) is 36.9 Å². The van der Waals surface area contributed by atoms with Gasteiger partial charge in [-0.25, -0.2) is 0 Å². The minimum absolute atomic E-state index is 0.0589. The lowest BCUT2D eigenvalue weighted by molar-refractivity contribution is 0.140. The molecule has 0 aliphatic rings. The minimum atomic E-state index is -0.488. The van der Waals surface area contributed by atoms with Crippen molar-refractivity contribution in [2.45, 2.75) is 13.0 Å². The molecule has 0 amide bonds. The molecule has 1 aromatic carbocycles. The van der Waals surface area contributed by atoms with Gasteiger partial charge in [0.25, 0.3) is 0 Å². The molecule has 0 spiro atoms. The van der Waals surface area contributed by atoms with Crippen LogP contribution in [0.5, 0.6) is 0 Å². The lowest BCUT2D eigenvalue weighted by atomic mass is 9.97. The molecule has 0 heterocycles. The van der Waals surface area contributed by atoms with Crippen molar-refractivity contribution < 1.29 is 5.11 Å². The standard InChI is InChI=1S/C11H15NO/c1-3-8(2)11(13)9-4-6-10(12)7-5-9/h3-8,11,13H,1,12H2,2H3. The molecule has 2 heteroatoms. The van der Waals surface area contributed by atoms with E-state index in [1.807, 2.05) is 19.1 Å². The van der Waals surface area contributed by atoms with E-state index < -0.39 is 6.10 Å². The fraction of sp³-hybridized carbons (Fsp3) is 0.273. The van der Waals surface area contributed by atoms with E-state index in [0.717, 1.165) is 5.56 Å². The third-order valence-corrected chi connectivity index (χ3v) is 2.15. The first-order chi connectivity index (χ1) is 6.15. The van der Waals surface area contributed by atoms with Gasteiger partial charge in [-0.3, -0.25) is 0 Å². The maximum atomic E-state index is 9.77. The van der Waals surface area contributed by atoms with E-state index in [1.54, 1.807) is 18.2 Å². The molecule has 70 valence electrons. The van der Waals surface area contributed by atoms with Crippen LogP contribution in [0.1, 0.15) is 18.6 Å². The van der Waals surface area contributed by atoms with Crippen molar-refractivity contribution in [3.63, 3.8) is 0 Å². The summed E-state index contributed by atoms with van der Waals surface area (Å²) >= 11 is 0. The molecular formula is C11H15NO. The predicted molar refractivity (Wildman–Crippen MR) is 55.2 cm³/mol. The van der Waals surface area contributed by atoms with Gasteiger partial charge >= 0.3 is 0 Å². The highest BCUT2D eigenvalue weighted by Crippen LogP contribution is 2.22. The number of nitrogen functional groups attached to an aromatic ring is 1. The Kier molecular flexibility index (Phi) is 3.09. The van der Waals surface area contributed by atoms with Gasteiger partial charge in [-0.15, -0.1) is 6.58 Å². The first-order valence-electron chi connectivity index (χ1n) is 4.31. The highest BCUT2D eigenvalue weighted by molar-refractivity contribution is 5.40. The third-order valence-electron chi connectivity index (χ3n) is 2.15. The van der Waals surface area contributed by atoms with Crippen LogP contribution in [0, 0.1) is 5.92 Å². The summed E-state index contributed by atoms with van der Waals surface area (Å²) in [7, 11) is 0. The van der Waals surface area contributed by atoms with Crippen LogP contribution < -0.4 is 5.73 Å². The van der Waals surface area contributed by atoms with Gasteiger partial charge in [0.15, 0.2) is 0 Å². The maximum absolute atomic E-state index is 9.77. The molecule has 0 aliphatic carbocycles. The van der Waals surface area contributed by atoms with Gasteiger partial charge in [0.2, 0.25) is 0 Å². The molecule has 1 aromatic rings. The van der Waals surface area contributed by atoms with E-state index in [2.05, 4.69) is 6.58 Å². The van der Waals surface area contributed by atoms with Crippen LogP contribution in [-0.2, 0) is 0 Å². The van der Waals surface area contributed by atoms with E-state index in [0.29, 0.717) is 5.69 Å². The molecule has 2 nitrogen and oxygen atoms in total. The van der Waals surface area contributed by atoms with Gasteiger partial charge < -0.3 is 10.8 Å². The van der Waals surface area contributed by atoms with Gasteiger partial charge in [-0.1, -0.05) is 25.1 Å². The number of hydrogen-bond donors (Lipinski definition) is 2. The molecule has 1 rings (SSSR count). The number of hydrogen-bond acceptors (Lipinski definition) is 2. The fourth-order valence-corrected chi connectivity index (χ4v) is 1.13. The van der Waals surface area contributed by atoms with Crippen LogP contribution in [0.25, 0.3) is 0 Å². The fourth-order valence-electron chi connectivity index (χ4n) is 1.13. The summed E-state index contributed by atoms with van der Waals surface area (Å²) in [5, 5.41) is 9.77. The quantitative estimate of drug-likeness (QED) is 0.548. The minimum Gasteiger partial charge on any atom is -0.399 e. The van der Waals surface area contributed by atoms with Gasteiger partial charge in [0.1, 0.15) is 0 Å². The number of rotatable bonds is 3. The summed E-state index contributed by atoms with van der Waals surface area (Å²) in [6, 6.07) is 7.24. The Labute approximate surface area is 78.7 Å². The zero-order valence-corrected chi connectivity index (χ0v) is 7.77. The summed E-state index contributed by atoms with van der Waals surface area (Å²) < 4.78 is 0. The van der Waals surface area contributed by atoms with Crippen LogP contribution in [0.4, 0.5) is 5.69 Å². The van der Waals surface area contributed by atoms with Crippen molar-refractivity contribution >= 4 is 5.69 Å². The Bertz CT molecular complexity index is 279. The molecule has 0 fully saturated rings. The zero-order chi connectivity index (χ0) is 9.84. The Morgan fingerprint density at radius 2 is 1.92 bits per heavy atom. The molecule has 3 N–H and O–H groups in total. The summed E-state index contributed by atoms with van der Waals surface area (Å²) in [5.41, 5.74) is 7.12. The average molecular weight is 177 g/mol. The summed E-state index contributed by atoms with van der Waals surface area (Å²) in [6.07, 6.45) is 1.25. The molecule has 0 radical (unpaired) electrons. The molecular weight excluding hydrogens is 162 g/mol. The van der Waals surface area contributed by atoms with Crippen molar-refractivity contribution in [3.8, 4) is 0 Å². The van der Waals surface area contributed by atoms with E-state index in [-0.39, 0.29) is 5.92 Å². The molecule has 2 unspecified atom stereocenters. The van der Waals surface area contributed by atoms with Gasteiger partial charge in [-0.2, -0.15) is 0 Å². The Balaban J connectivity index is 2.82. The van der Waals surface area contributed by atoms with Crippen molar-refractivity contribution in [3.05, 3.63) is 42.5 Å². The second-order valence-corrected chi connectivity index (χ2v) is 3.21. The Morgan fingerprint density at radius 3 is 2.38 bits per heavy atom. The predicted octanol–water partition coefficient (Wildman–Crippen LogP) is 2.12. The van der Waals surface area contributed by atoms with Crippen molar-refractivity contribution in [2.24, 2.45) is 5.92 Å². The molecule has 0 aromatic heterocycles. The summed E-state index contributed by atoms with van der Waals surface area (Å²) in [4.78, 5) is 0. The van der Waals surface area contributed by atoms with Crippen LogP contribution in [-0.4, -0.2) is 5.11 Å². The third kappa shape index (κ3) is 2.33. The van der Waals surface area contributed by atoms with Gasteiger partial charge in [-0.05, 0) is 17.7 Å². The molecule has 0 saturated heterocycles. The van der Waals surface area contributed by atoms with Gasteiger partial charge in [0, 0.05) is 11.6 Å². The number of nitrogens with two attached hydrogens (primary N) is 1. The second-order valence-electron chi connectivity index (χ2n) is 3.21. The van der Waals surface area contributed by atoms with Crippen LogP contribution >= 0.6 is 0 Å².